The SMILES string of the molecule is CNc1ccc2nc3ccc(=N)cc-3sc2c1. The van der Waals surface area contributed by atoms with Crippen LogP contribution in [0.4, 0.5) is 5.69 Å². The molecule has 0 spiro atoms. The van der Waals surface area contributed by atoms with Gasteiger partial charge in [0.1, 0.15) is 0 Å². The van der Waals surface area contributed by atoms with Crippen LogP contribution in [0, 0.1) is 5.41 Å². The average molecular weight is 241 g/mol. The third-order valence-corrected chi connectivity index (χ3v) is 3.76. The number of rotatable bonds is 1. The van der Waals surface area contributed by atoms with Gasteiger partial charge in [0.25, 0.3) is 0 Å². The summed E-state index contributed by atoms with van der Waals surface area (Å²) >= 11 is 1.67. The molecule has 2 aliphatic rings. The fraction of sp³-hybridized carbons (Fsp3) is 0.0769. The zero-order valence-electron chi connectivity index (χ0n) is 9.32. The zero-order valence-corrected chi connectivity index (χ0v) is 10.1. The number of nitrogens with zero attached hydrogens (tertiary/aromatic N) is 1. The van der Waals surface area contributed by atoms with Gasteiger partial charge in [0, 0.05) is 12.7 Å². The Morgan fingerprint density at radius 3 is 2.88 bits per heavy atom. The number of aromatic nitrogens is 1. The molecule has 84 valence electrons. The quantitative estimate of drug-likeness (QED) is 0.643. The highest BCUT2D eigenvalue weighted by Crippen LogP contribution is 2.30. The van der Waals surface area contributed by atoms with E-state index in [2.05, 4.69) is 16.4 Å². The van der Waals surface area contributed by atoms with Crippen molar-refractivity contribution in [2.24, 2.45) is 0 Å². The molecule has 0 saturated heterocycles. The monoisotopic (exact) mass is 241 g/mol. The molecule has 17 heavy (non-hydrogen) atoms. The van der Waals surface area contributed by atoms with E-state index >= 15 is 0 Å². The van der Waals surface area contributed by atoms with Crippen molar-refractivity contribution < 1.29 is 0 Å². The van der Waals surface area contributed by atoms with Gasteiger partial charge in [0.15, 0.2) is 0 Å². The van der Waals surface area contributed by atoms with Crippen LogP contribution in [-0.4, -0.2) is 12.0 Å². The first kappa shape index (κ1) is 10.2. The van der Waals surface area contributed by atoms with Crippen molar-refractivity contribution in [3.05, 3.63) is 41.8 Å². The second-order valence-corrected chi connectivity index (χ2v) is 4.91. The minimum Gasteiger partial charge on any atom is -0.388 e. The van der Waals surface area contributed by atoms with Gasteiger partial charge >= 0.3 is 0 Å². The Bertz CT molecular complexity index is 717. The molecule has 1 heterocycles. The summed E-state index contributed by atoms with van der Waals surface area (Å²) in [6.07, 6.45) is 0. The van der Waals surface area contributed by atoms with Crippen molar-refractivity contribution in [2.75, 3.05) is 12.4 Å². The molecule has 1 aromatic carbocycles. The third-order valence-electron chi connectivity index (χ3n) is 2.67. The molecule has 0 bridgehead atoms. The van der Waals surface area contributed by atoms with Crippen LogP contribution in [0.15, 0.2) is 36.4 Å². The third kappa shape index (κ3) is 1.76. The smallest absolute Gasteiger partial charge is 0.0811 e. The molecule has 1 aromatic rings. The highest BCUT2D eigenvalue weighted by molar-refractivity contribution is 7.21. The molecule has 0 amide bonds. The van der Waals surface area contributed by atoms with E-state index in [0.29, 0.717) is 5.36 Å². The van der Waals surface area contributed by atoms with E-state index in [1.807, 2.05) is 31.3 Å². The van der Waals surface area contributed by atoms with E-state index in [0.717, 1.165) is 26.5 Å². The van der Waals surface area contributed by atoms with Crippen LogP contribution >= 0.6 is 11.3 Å². The zero-order chi connectivity index (χ0) is 11.8. The van der Waals surface area contributed by atoms with Gasteiger partial charge in [0.2, 0.25) is 0 Å². The Labute approximate surface area is 103 Å². The van der Waals surface area contributed by atoms with Crippen molar-refractivity contribution in [3.63, 3.8) is 0 Å². The van der Waals surface area contributed by atoms with E-state index in [1.54, 1.807) is 17.4 Å². The first-order chi connectivity index (χ1) is 8.26. The Hall–Kier alpha value is -1.94. The van der Waals surface area contributed by atoms with Gasteiger partial charge in [-0.25, -0.2) is 4.98 Å². The molecule has 0 fully saturated rings. The number of fused-ring (bicyclic) bond motifs is 2. The van der Waals surface area contributed by atoms with Gasteiger partial charge in [-0.1, -0.05) is 0 Å². The summed E-state index contributed by atoms with van der Waals surface area (Å²) in [5.74, 6) is 0. The second-order valence-electron chi connectivity index (χ2n) is 3.83. The number of hydrogen-bond donors (Lipinski definition) is 2. The standard InChI is InChI=1S/C13H11N3S/c1-15-9-3-5-11-13(7-9)17-12-6-8(14)2-4-10(12)16-11/h2-7,14-15H,1H3. The Kier molecular flexibility index (Phi) is 2.30. The Balaban J connectivity index is 2.37. The summed E-state index contributed by atoms with van der Waals surface area (Å²) in [5, 5.41) is 11.3. The van der Waals surface area contributed by atoms with Crippen molar-refractivity contribution in [3.8, 4) is 10.6 Å². The van der Waals surface area contributed by atoms with Crippen LogP contribution < -0.4 is 10.7 Å². The lowest BCUT2D eigenvalue weighted by atomic mass is 10.2. The fourth-order valence-electron chi connectivity index (χ4n) is 1.78. The van der Waals surface area contributed by atoms with Gasteiger partial charge in [-0.3, -0.25) is 0 Å². The maximum absolute atomic E-state index is 7.63. The molecule has 3 rings (SSSR count). The topological polar surface area (TPSA) is 48.8 Å². The number of benzene rings is 2. The molecular formula is C13H11N3S. The van der Waals surface area contributed by atoms with Crippen molar-refractivity contribution in [2.45, 2.75) is 0 Å². The summed E-state index contributed by atoms with van der Waals surface area (Å²) in [4.78, 5) is 5.65. The number of nitrogens with one attached hydrogen (secondary N) is 2. The lowest BCUT2D eigenvalue weighted by molar-refractivity contribution is 1.26. The molecule has 1 aliphatic carbocycles. The predicted molar refractivity (Wildman–Crippen MR) is 71.6 cm³/mol. The fourth-order valence-corrected chi connectivity index (χ4v) is 2.83. The van der Waals surface area contributed by atoms with E-state index in [1.165, 1.54) is 0 Å². The van der Waals surface area contributed by atoms with Crippen molar-refractivity contribution in [1.29, 1.82) is 5.41 Å². The van der Waals surface area contributed by atoms with Gasteiger partial charge < -0.3 is 10.7 Å². The van der Waals surface area contributed by atoms with Crippen LogP contribution in [0.25, 0.3) is 20.8 Å². The lowest BCUT2D eigenvalue weighted by Crippen LogP contribution is -1.98. The number of anilines is 1. The van der Waals surface area contributed by atoms with Gasteiger partial charge in [0.05, 0.1) is 26.1 Å². The van der Waals surface area contributed by atoms with Crippen molar-refractivity contribution in [1.82, 2.24) is 4.98 Å². The molecule has 0 saturated carbocycles. The molecule has 2 N–H and O–H groups in total. The molecule has 0 aromatic heterocycles. The highest BCUT2D eigenvalue weighted by Gasteiger charge is 2.06. The summed E-state index contributed by atoms with van der Waals surface area (Å²) in [6.45, 7) is 0. The maximum Gasteiger partial charge on any atom is 0.0811 e. The van der Waals surface area contributed by atoms with Crippen LogP contribution in [-0.2, 0) is 0 Å². The Morgan fingerprint density at radius 2 is 2.06 bits per heavy atom. The van der Waals surface area contributed by atoms with E-state index in [4.69, 9.17) is 5.41 Å². The molecule has 1 aliphatic heterocycles. The minimum absolute atomic E-state index is 0.527. The molecule has 0 radical (unpaired) electrons. The van der Waals surface area contributed by atoms with Gasteiger partial charge in [-0.2, -0.15) is 0 Å². The molecule has 3 nitrogen and oxygen atoms in total. The first-order valence-corrected chi connectivity index (χ1v) is 6.15. The van der Waals surface area contributed by atoms with Crippen molar-refractivity contribution >= 4 is 27.2 Å². The van der Waals surface area contributed by atoms with Crippen LogP contribution in [0.5, 0.6) is 0 Å². The largest absolute Gasteiger partial charge is 0.388 e. The molecule has 0 unspecified atom stereocenters. The number of hydrogen-bond acceptors (Lipinski definition) is 4. The molecular weight excluding hydrogens is 230 g/mol. The lowest BCUT2D eigenvalue weighted by Gasteiger charge is -2.07. The predicted octanol–water partition coefficient (Wildman–Crippen LogP) is 2.92. The summed E-state index contributed by atoms with van der Waals surface area (Å²) in [6, 6.07) is 11.7. The Morgan fingerprint density at radius 1 is 1.18 bits per heavy atom. The highest BCUT2D eigenvalue weighted by atomic mass is 32.1. The van der Waals surface area contributed by atoms with Crippen LogP contribution in [0.3, 0.4) is 0 Å². The van der Waals surface area contributed by atoms with Crippen LogP contribution in [0.2, 0.25) is 0 Å². The summed E-state index contributed by atoms with van der Waals surface area (Å²) < 4.78 is 1.13. The molecule has 0 atom stereocenters. The summed E-state index contributed by atoms with van der Waals surface area (Å²) in [5.41, 5.74) is 3.03. The van der Waals surface area contributed by atoms with E-state index in [-0.39, 0.29) is 0 Å². The average Bonchev–Trinajstić information content (AvgIpc) is 2.35. The normalized spacial score (nSPS) is 10.9. The molecule has 4 heteroatoms. The maximum atomic E-state index is 7.63. The van der Waals surface area contributed by atoms with Gasteiger partial charge in [-0.05, 0) is 36.4 Å². The van der Waals surface area contributed by atoms with Crippen LogP contribution in [0.1, 0.15) is 0 Å². The van der Waals surface area contributed by atoms with E-state index in [9.17, 15) is 0 Å². The first-order valence-electron chi connectivity index (χ1n) is 5.33. The van der Waals surface area contributed by atoms with Gasteiger partial charge in [-0.15, -0.1) is 11.3 Å². The second kappa shape index (κ2) is 3.82. The summed E-state index contributed by atoms with van der Waals surface area (Å²) in [7, 11) is 1.90. The van der Waals surface area contributed by atoms with E-state index < -0.39 is 0 Å². The minimum atomic E-state index is 0.527.